The maximum Gasteiger partial charge on any atom is 0.418 e. The standard InChI is InChI=1S/C15H19BrF3NO/c16-12-5-6-13(15(17,18)19)14(7-12)20-8-10-3-1-2-4-11(10)9-21/h5-7,10-11,20-21H,1-4,8-9H2. The molecule has 6 heteroatoms. The molecule has 1 aromatic carbocycles. The zero-order chi connectivity index (χ0) is 15.5. The van der Waals surface area contributed by atoms with Gasteiger partial charge in [0.05, 0.1) is 5.56 Å². The molecule has 2 N–H and O–H groups in total. The molecule has 0 spiro atoms. The van der Waals surface area contributed by atoms with Crippen LogP contribution < -0.4 is 5.32 Å². The summed E-state index contributed by atoms with van der Waals surface area (Å²) in [4.78, 5) is 0. The smallest absolute Gasteiger partial charge is 0.396 e. The van der Waals surface area contributed by atoms with Crippen LogP contribution in [0.5, 0.6) is 0 Å². The highest BCUT2D eigenvalue weighted by molar-refractivity contribution is 9.10. The van der Waals surface area contributed by atoms with Crippen LogP contribution in [-0.4, -0.2) is 18.3 Å². The predicted octanol–water partition coefficient (Wildman–Crippen LogP) is 4.68. The van der Waals surface area contributed by atoms with Gasteiger partial charge in [0.15, 0.2) is 0 Å². The van der Waals surface area contributed by atoms with E-state index in [4.69, 9.17) is 0 Å². The summed E-state index contributed by atoms with van der Waals surface area (Å²) < 4.78 is 39.6. The molecule has 0 aliphatic heterocycles. The maximum absolute atomic E-state index is 13.0. The Hall–Kier alpha value is -0.750. The van der Waals surface area contributed by atoms with Crippen molar-refractivity contribution in [3.05, 3.63) is 28.2 Å². The normalized spacial score (nSPS) is 23.1. The second-order valence-electron chi connectivity index (χ2n) is 5.56. The van der Waals surface area contributed by atoms with Crippen molar-refractivity contribution >= 4 is 21.6 Å². The second-order valence-corrected chi connectivity index (χ2v) is 6.47. The molecule has 0 radical (unpaired) electrons. The van der Waals surface area contributed by atoms with Crippen molar-refractivity contribution in [1.29, 1.82) is 0 Å². The summed E-state index contributed by atoms with van der Waals surface area (Å²) in [5.74, 6) is 0.413. The first-order chi connectivity index (χ1) is 9.91. The molecule has 0 aromatic heterocycles. The number of nitrogens with one attached hydrogen (secondary N) is 1. The van der Waals surface area contributed by atoms with Gasteiger partial charge in [-0.25, -0.2) is 0 Å². The summed E-state index contributed by atoms with van der Waals surface area (Å²) in [6.07, 6.45) is -0.299. The lowest BCUT2D eigenvalue weighted by molar-refractivity contribution is -0.137. The molecule has 0 saturated heterocycles. The maximum atomic E-state index is 13.0. The molecular weight excluding hydrogens is 347 g/mol. The number of anilines is 1. The fourth-order valence-electron chi connectivity index (χ4n) is 2.94. The lowest BCUT2D eigenvalue weighted by Crippen LogP contribution is -2.29. The van der Waals surface area contributed by atoms with E-state index in [0.717, 1.165) is 31.7 Å². The van der Waals surface area contributed by atoms with Gasteiger partial charge >= 0.3 is 6.18 Å². The molecule has 2 unspecified atom stereocenters. The van der Waals surface area contributed by atoms with E-state index in [1.54, 1.807) is 0 Å². The molecule has 0 bridgehead atoms. The second kappa shape index (κ2) is 7.01. The van der Waals surface area contributed by atoms with E-state index >= 15 is 0 Å². The van der Waals surface area contributed by atoms with Crippen molar-refractivity contribution in [3.8, 4) is 0 Å². The Morgan fingerprint density at radius 1 is 1.19 bits per heavy atom. The molecule has 0 heterocycles. The SMILES string of the molecule is OCC1CCCCC1CNc1cc(Br)ccc1C(F)(F)F. The Balaban J connectivity index is 2.10. The summed E-state index contributed by atoms with van der Waals surface area (Å²) >= 11 is 3.21. The Labute approximate surface area is 130 Å². The van der Waals surface area contributed by atoms with Gasteiger partial charge in [-0.2, -0.15) is 13.2 Å². The van der Waals surface area contributed by atoms with Crippen LogP contribution in [0.2, 0.25) is 0 Å². The summed E-state index contributed by atoms with van der Waals surface area (Å²) in [5.41, 5.74) is -0.554. The van der Waals surface area contributed by atoms with Gasteiger partial charge in [0.1, 0.15) is 0 Å². The van der Waals surface area contributed by atoms with Crippen molar-refractivity contribution in [3.63, 3.8) is 0 Å². The number of halogens is 4. The Morgan fingerprint density at radius 3 is 2.48 bits per heavy atom. The molecule has 0 amide bonds. The molecule has 21 heavy (non-hydrogen) atoms. The van der Waals surface area contributed by atoms with Gasteiger partial charge in [-0.3, -0.25) is 0 Å². The third-order valence-corrected chi connectivity index (χ3v) is 4.64. The Bertz CT molecular complexity index is 478. The van der Waals surface area contributed by atoms with Crippen LogP contribution in [0, 0.1) is 11.8 Å². The minimum Gasteiger partial charge on any atom is -0.396 e. The van der Waals surface area contributed by atoms with E-state index in [9.17, 15) is 18.3 Å². The van der Waals surface area contributed by atoms with Crippen LogP contribution in [0.4, 0.5) is 18.9 Å². The molecule has 2 nitrogen and oxygen atoms in total. The third-order valence-electron chi connectivity index (χ3n) is 4.14. The van der Waals surface area contributed by atoms with E-state index in [-0.39, 0.29) is 24.1 Å². The van der Waals surface area contributed by atoms with Crippen molar-refractivity contribution < 1.29 is 18.3 Å². The van der Waals surface area contributed by atoms with Crippen LogP contribution in [0.15, 0.2) is 22.7 Å². The summed E-state index contributed by atoms with van der Waals surface area (Å²) in [5, 5.41) is 12.3. The van der Waals surface area contributed by atoms with E-state index in [1.807, 2.05) is 0 Å². The number of aliphatic hydroxyl groups excluding tert-OH is 1. The zero-order valence-corrected chi connectivity index (χ0v) is 13.2. The highest BCUT2D eigenvalue weighted by Gasteiger charge is 2.34. The van der Waals surface area contributed by atoms with E-state index in [0.29, 0.717) is 11.0 Å². The minimum absolute atomic E-state index is 0.0964. The Morgan fingerprint density at radius 2 is 1.86 bits per heavy atom. The highest BCUT2D eigenvalue weighted by atomic mass is 79.9. The molecular formula is C15H19BrF3NO. The first kappa shape index (κ1) is 16.6. The zero-order valence-electron chi connectivity index (χ0n) is 11.6. The Kier molecular flexibility index (Phi) is 5.54. The molecule has 1 saturated carbocycles. The minimum atomic E-state index is -4.37. The number of aliphatic hydroxyl groups is 1. The lowest BCUT2D eigenvalue weighted by atomic mass is 9.79. The van der Waals surface area contributed by atoms with Crippen LogP contribution in [0.25, 0.3) is 0 Å². The first-order valence-corrected chi connectivity index (χ1v) is 7.92. The number of benzene rings is 1. The molecule has 1 aromatic rings. The van der Waals surface area contributed by atoms with Crippen molar-refractivity contribution in [2.45, 2.75) is 31.9 Å². The highest BCUT2D eigenvalue weighted by Crippen LogP contribution is 2.37. The number of rotatable bonds is 4. The molecule has 118 valence electrons. The first-order valence-electron chi connectivity index (χ1n) is 7.13. The summed E-state index contributed by atoms with van der Waals surface area (Å²) in [6.45, 7) is 0.571. The average Bonchev–Trinajstić information content (AvgIpc) is 2.44. The summed E-state index contributed by atoms with van der Waals surface area (Å²) in [6, 6.07) is 3.93. The van der Waals surface area contributed by atoms with Gasteiger partial charge in [-0.05, 0) is 42.9 Å². The van der Waals surface area contributed by atoms with Crippen LogP contribution in [-0.2, 0) is 6.18 Å². The van der Waals surface area contributed by atoms with Gasteiger partial charge < -0.3 is 10.4 Å². The number of alkyl halides is 3. The molecule has 2 atom stereocenters. The van der Waals surface area contributed by atoms with Crippen molar-refractivity contribution in [2.24, 2.45) is 11.8 Å². The molecule has 2 rings (SSSR count). The van der Waals surface area contributed by atoms with Crippen LogP contribution >= 0.6 is 15.9 Å². The largest absolute Gasteiger partial charge is 0.418 e. The van der Waals surface area contributed by atoms with Crippen LogP contribution in [0.3, 0.4) is 0 Å². The van der Waals surface area contributed by atoms with E-state index in [1.165, 1.54) is 12.1 Å². The van der Waals surface area contributed by atoms with Crippen molar-refractivity contribution in [2.75, 3.05) is 18.5 Å². The fourth-order valence-corrected chi connectivity index (χ4v) is 3.31. The van der Waals surface area contributed by atoms with Gasteiger partial charge in [-0.15, -0.1) is 0 Å². The topological polar surface area (TPSA) is 32.3 Å². The van der Waals surface area contributed by atoms with Crippen LogP contribution in [0.1, 0.15) is 31.2 Å². The van der Waals surface area contributed by atoms with Gasteiger partial charge in [0.2, 0.25) is 0 Å². The van der Waals surface area contributed by atoms with Gasteiger partial charge in [0.25, 0.3) is 0 Å². The third kappa shape index (κ3) is 4.36. The predicted molar refractivity (Wildman–Crippen MR) is 80.2 cm³/mol. The molecule has 1 aliphatic carbocycles. The lowest BCUT2D eigenvalue weighted by Gasteiger charge is -2.31. The summed E-state index contributed by atoms with van der Waals surface area (Å²) in [7, 11) is 0. The van der Waals surface area contributed by atoms with Gasteiger partial charge in [-0.1, -0.05) is 28.8 Å². The van der Waals surface area contributed by atoms with E-state index < -0.39 is 11.7 Å². The van der Waals surface area contributed by atoms with Gasteiger partial charge in [0, 0.05) is 23.3 Å². The fraction of sp³-hybridized carbons (Fsp3) is 0.600. The molecule has 1 aliphatic rings. The number of hydrogen-bond donors (Lipinski definition) is 2. The number of hydrogen-bond acceptors (Lipinski definition) is 2. The average molecular weight is 366 g/mol. The monoisotopic (exact) mass is 365 g/mol. The molecule has 1 fully saturated rings. The van der Waals surface area contributed by atoms with Crippen molar-refractivity contribution in [1.82, 2.24) is 0 Å². The van der Waals surface area contributed by atoms with E-state index in [2.05, 4.69) is 21.2 Å². The quantitative estimate of drug-likeness (QED) is 0.811.